The molecule has 174 valence electrons. The minimum absolute atomic E-state index is 0.0489. The first-order chi connectivity index (χ1) is 16.9. The van der Waals surface area contributed by atoms with E-state index in [4.69, 9.17) is 4.74 Å². The Hall–Kier alpha value is -4.92. The zero-order chi connectivity index (χ0) is 24.5. The Morgan fingerprint density at radius 3 is 2.69 bits per heavy atom. The van der Waals surface area contributed by atoms with Gasteiger partial charge in [-0.1, -0.05) is 12.1 Å². The second-order valence-corrected chi connectivity index (χ2v) is 7.77. The van der Waals surface area contributed by atoms with E-state index in [0.717, 1.165) is 0 Å². The first-order valence-electron chi connectivity index (χ1n) is 10.6. The summed E-state index contributed by atoms with van der Waals surface area (Å²) < 4.78 is 19.9. The number of ether oxygens (including phenoxy) is 1. The molecule has 9 heteroatoms. The number of hydrogen-bond acceptors (Lipinski definition) is 5. The molecule has 1 atom stereocenters. The van der Waals surface area contributed by atoms with Crippen LogP contribution < -0.4 is 16.2 Å². The standard InChI is InChI=1S/C26H18FN3O5/c27-15-8-10-16(11-9-15)30-12-2-5-18(26(30)34)24(32)28-20-6-1-4-17-19(25(33)29-23(17)20)14-22-21(31)7-3-13-35-22/h1-14,22,31H,(H,28,32)(H,29,33)/b19-14-. The zero-order valence-electron chi connectivity index (χ0n) is 18.1. The lowest BCUT2D eigenvalue weighted by Gasteiger charge is -2.15. The summed E-state index contributed by atoms with van der Waals surface area (Å²) in [6.07, 6.45) is 6.56. The number of hydrogen-bond donors (Lipinski definition) is 3. The summed E-state index contributed by atoms with van der Waals surface area (Å²) in [5.74, 6) is -1.59. The number of nitrogens with one attached hydrogen (secondary N) is 2. The second-order valence-electron chi connectivity index (χ2n) is 7.77. The van der Waals surface area contributed by atoms with Crippen molar-refractivity contribution in [1.82, 2.24) is 4.57 Å². The molecule has 2 aliphatic heterocycles. The summed E-state index contributed by atoms with van der Waals surface area (Å²) in [5.41, 5.74) is 1.13. The van der Waals surface area contributed by atoms with E-state index in [0.29, 0.717) is 22.6 Å². The fourth-order valence-corrected chi connectivity index (χ4v) is 3.85. The van der Waals surface area contributed by atoms with Crippen LogP contribution in [0, 0.1) is 5.82 Å². The Kier molecular flexibility index (Phi) is 5.50. The summed E-state index contributed by atoms with van der Waals surface area (Å²) in [5, 5.41) is 15.4. The van der Waals surface area contributed by atoms with Crippen molar-refractivity contribution in [3.05, 3.63) is 118 Å². The van der Waals surface area contributed by atoms with E-state index in [-0.39, 0.29) is 16.9 Å². The number of benzene rings is 2. The number of para-hydroxylation sites is 1. The van der Waals surface area contributed by atoms with E-state index in [1.807, 2.05) is 0 Å². The lowest BCUT2D eigenvalue weighted by molar-refractivity contribution is -0.110. The number of carbonyl (C=O) groups excluding carboxylic acids is 2. The highest BCUT2D eigenvalue weighted by Crippen LogP contribution is 2.38. The molecule has 3 aromatic rings. The number of fused-ring (bicyclic) bond motifs is 1. The van der Waals surface area contributed by atoms with Crippen molar-refractivity contribution in [2.24, 2.45) is 0 Å². The number of carbonyl (C=O) groups is 2. The van der Waals surface area contributed by atoms with Gasteiger partial charge in [0.25, 0.3) is 17.4 Å². The number of allylic oxidation sites excluding steroid dienone is 2. The number of halogens is 1. The summed E-state index contributed by atoms with van der Waals surface area (Å²) in [6.45, 7) is 0. The van der Waals surface area contributed by atoms with Gasteiger partial charge in [0, 0.05) is 23.0 Å². The smallest absolute Gasteiger partial charge is 0.267 e. The Bertz CT molecular complexity index is 1500. The Morgan fingerprint density at radius 2 is 1.91 bits per heavy atom. The third-order valence-electron chi connectivity index (χ3n) is 5.56. The van der Waals surface area contributed by atoms with Gasteiger partial charge in [-0.05, 0) is 60.7 Å². The van der Waals surface area contributed by atoms with Crippen molar-refractivity contribution in [2.75, 3.05) is 10.6 Å². The highest BCUT2D eigenvalue weighted by Gasteiger charge is 2.29. The molecule has 1 aromatic heterocycles. The van der Waals surface area contributed by atoms with Crippen molar-refractivity contribution >= 4 is 28.8 Å². The molecule has 0 fully saturated rings. The molecule has 5 rings (SSSR count). The zero-order valence-corrected chi connectivity index (χ0v) is 18.1. The van der Waals surface area contributed by atoms with Crippen molar-refractivity contribution in [2.45, 2.75) is 6.10 Å². The van der Waals surface area contributed by atoms with Gasteiger partial charge < -0.3 is 20.5 Å². The van der Waals surface area contributed by atoms with Crippen LogP contribution in [-0.2, 0) is 9.53 Å². The average molecular weight is 471 g/mol. The molecule has 0 saturated carbocycles. The first-order valence-corrected chi connectivity index (χ1v) is 10.6. The van der Waals surface area contributed by atoms with E-state index in [9.17, 15) is 23.9 Å². The van der Waals surface area contributed by atoms with Crippen molar-refractivity contribution in [3.8, 4) is 5.69 Å². The molecule has 0 bridgehead atoms. The fourth-order valence-electron chi connectivity index (χ4n) is 3.85. The molecule has 0 spiro atoms. The number of anilines is 2. The van der Waals surface area contributed by atoms with Gasteiger partial charge in [-0.2, -0.15) is 0 Å². The molecule has 2 aliphatic rings. The number of aliphatic hydroxyl groups excluding tert-OH is 1. The molecule has 2 amide bonds. The van der Waals surface area contributed by atoms with Crippen molar-refractivity contribution in [3.63, 3.8) is 0 Å². The normalized spacial score (nSPS) is 17.4. The van der Waals surface area contributed by atoms with E-state index in [1.54, 1.807) is 18.2 Å². The maximum absolute atomic E-state index is 13.3. The summed E-state index contributed by atoms with van der Waals surface area (Å²) in [4.78, 5) is 38.6. The summed E-state index contributed by atoms with van der Waals surface area (Å²) in [6, 6.07) is 13.2. The SMILES string of the molecule is O=C1Nc2c(NC(=O)c3cccn(-c4ccc(F)cc4)c3=O)cccc2/C1=C/C1OC=CC=C1O. The Morgan fingerprint density at radius 1 is 1.11 bits per heavy atom. The van der Waals surface area contributed by atoms with E-state index >= 15 is 0 Å². The van der Waals surface area contributed by atoms with Gasteiger partial charge in [0.05, 0.1) is 17.6 Å². The number of pyridine rings is 1. The number of aliphatic hydroxyl groups is 1. The summed E-state index contributed by atoms with van der Waals surface area (Å²) >= 11 is 0. The second kappa shape index (κ2) is 8.79. The molecule has 3 N–H and O–H groups in total. The average Bonchev–Trinajstić information content (AvgIpc) is 3.17. The highest BCUT2D eigenvalue weighted by molar-refractivity contribution is 6.33. The highest BCUT2D eigenvalue weighted by atomic mass is 19.1. The minimum Gasteiger partial charge on any atom is -0.508 e. The molecular weight excluding hydrogens is 453 g/mol. The monoisotopic (exact) mass is 471 g/mol. The third kappa shape index (κ3) is 4.10. The van der Waals surface area contributed by atoms with Gasteiger partial charge >= 0.3 is 0 Å². The first kappa shape index (κ1) is 21.9. The number of rotatable bonds is 4. The van der Waals surface area contributed by atoms with Gasteiger partial charge in [0.1, 0.15) is 17.1 Å². The van der Waals surface area contributed by atoms with Crippen LogP contribution in [0.3, 0.4) is 0 Å². The lowest BCUT2D eigenvalue weighted by Crippen LogP contribution is -2.28. The van der Waals surface area contributed by atoms with Crippen LogP contribution in [-0.4, -0.2) is 27.6 Å². The predicted molar refractivity (Wildman–Crippen MR) is 128 cm³/mol. The van der Waals surface area contributed by atoms with Gasteiger partial charge in [-0.3, -0.25) is 19.0 Å². The molecule has 35 heavy (non-hydrogen) atoms. The van der Waals surface area contributed by atoms with Gasteiger partial charge in [-0.25, -0.2) is 4.39 Å². The minimum atomic E-state index is -0.820. The van der Waals surface area contributed by atoms with E-state index < -0.39 is 29.3 Å². The number of aromatic nitrogens is 1. The molecule has 1 unspecified atom stereocenters. The maximum atomic E-state index is 13.3. The van der Waals surface area contributed by atoms with Gasteiger partial charge in [0.2, 0.25) is 0 Å². The van der Waals surface area contributed by atoms with E-state index in [1.165, 1.54) is 71.7 Å². The largest absolute Gasteiger partial charge is 0.508 e. The van der Waals surface area contributed by atoms with Crippen LogP contribution in [0.1, 0.15) is 15.9 Å². The topological polar surface area (TPSA) is 110 Å². The summed E-state index contributed by atoms with van der Waals surface area (Å²) in [7, 11) is 0. The number of nitrogens with zero attached hydrogens (tertiary/aromatic N) is 1. The van der Waals surface area contributed by atoms with Crippen molar-refractivity contribution in [1.29, 1.82) is 0 Å². The molecular formula is C26H18FN3O5. The quantitative estimate of drug-likeness (QED) is 0.500. The van der Waals surface area contributed by atoms with Crippen LogP contribution in [0.25, 0.3) is 11.3 Å². The van der Waals surface area contributed by atoms with Gasteiger partial charge in [-0.15, -0.1) is 0 Å². The lowest BCUT2D eigenvalue weighted by atomic mass is 10.0. The predicted octanol–water partition coefficient (Wildman–Crippen LogP) is 3.92. The Labute approximate surface area is 198 Å². The van der Waals surface area contributed by atoms with Crippen LogP contribution in [0.4, 0.5) is 15.8 Å². The van der Waals surface area contributed by atoms with Crippen molar-refractivity contribution < 1.29 is 23.8 Å². The Balaban J connectivity index is 1.45. The third-order valence-corrected chi connectivity index (χ3v) is 5.56. The molecule has 0 saturated heterocycles. The van der Waals surface area contributed by atoms with Gasteiger partial charge in [0.15, 0.2) is 6.10 Å². The van der Waals surface area contributed by atoms with Crippen LogP contribution in [0.5, 0.6) is 0 Å². The van der Waals surface area contributed by atoms with E-state index in [2.05, 4.69) is 10.6 Å². The van der Waals surface area contributed by atoms with Crippen LogP contribution in [0.2, 0.25) is 0 Å². The molecule has 8 nitrogen and oxygen atoms in total. The fraction of sp³-hybridized carbons (Fsp3) is 0.0385. The molecule has 0 radical (unpaired) electrons. The molecule has 3 heterocycles. The maximum Gasteiger partial charge on any atom is 0.267 e. The van der Waals surface area contributed by atoms with Crippen LogP contribution >= 0.6 is 0 Å². The molecule has 2 aromatic carbocycles. The number of amides is 2. The van der Waals surface area contributed by atoms with Crippen LogP contribution in [0.15, 0.2) is 95.8 Å². The molecule has 0 aliphatic carbocycles.